The van der Waals surface area contributed by atoms with Gasteiger partial charge in [-0.15, -0.1) is 5.73 Å². The lowest BCUT2D eigenvalue weighted by atomic mass is 10.2. The van der Waals surface area contributed by atoms with Crippen molar-refractivity contribution < 1.29 is 13.5 Å². The number of aliphatic hydroxyl groups is 1. The molecule has 1 aromatic rings. The molecule has 0 amide bonds. The molecule has 0 aliphatic rings. The molecule has 4 heteroatoms. The van der Waals surface area contributed by atoms with Crippen LogP contribution >= 0.6 is 0 Å². The molecule has 0 unspecified atom stereocenters. The average molecular weight is 252 g/mol. The zero-order chi connectivity index (χ0) is 12.7. The first-order valence-electron chi connectivity index (χ1n) is 5.43. The predicted octanol–water partition coefficient (Wildman–Crippen LogP) is 2.29. The van der Waals surface area contributed by atoms with Crippen LogP contribution in [0.25, 0.3) is 0 Å². The lowest BCUT2D eigenvalue weighted by Crippen LogP contribution is -2.04. The molecule has 0 heterocycles. The average Bonchev–Trinajstić information content (AvgIpc) is 2.35. The molecule has 3 nitrogen and oxygen atoms in total. The van der Waals surface area contributed by atoms with Gasteiger partial charge in [0, 0.05) is 6.61 Å². The number of unbranched alkanes of at least 4 members (excludes halogenated alkanes) is 1. The minimum absolute atomic E-state index is 0.0653. The zero-order valence-corrected chi connectivity index (χ0v) is 10.4. The van der Waals surface area contributed by atoms with E-state index in [2.05, 4.69) is 12.3 Å². The second-order valence-electron chi connectivity index (χ2n) is 3.60. The third-order valence-corrected chi connectivity index (χ3v) is 4.28. The highest BCUT2D eigenvalue weighted by Gasteiger charge is 2.19. The Hall–Kier alpha value is -1.35. The van der Waals surface area contributed by atoms with Gasteiger partial charge in [0.25, 0.3) is 0 Å². The molecule has 1 aromatic carbocycles. The molecule has 17 heavy (non-hydrogen) atoms. The lowest BCUT2D eigenvalue weighted by Gasteiger charge is -2.06. The van der Waals surface area contributed by atoms with Gasteiger partial charge in [0.15, 0.2) is 0 Å². The Morgan fingerprint density at radius 2 is 1.88 bits per heavy atom. The van der Waals surface area contributed by atoms with E-state index in [9.17, 15) is 8.42 Å². The van der Waals surface area contributed by atoms with Gasteiger partial charge in [0.1, 0.15) is 0 Å². The van der Waals surface area contributed by atoms with Crippen LogP contribution in [0.3, 0.4) is 0 Å². The zero-order valence-electron chi connectivity index (χ0n) is 9.59. The van der Waals surface area contributed by atoms with Crippen molar-refractivity contribution in [1.29, 1.82) is 0 Å². The molecule has 0 radical (unpaired) electrons. The number of rotatable bonds is 6. The number of aliphatic hydroxyl groups excluding tert-OH is 1. The molecule has 0 aliphatic carbocycles. The van der Waals surface area contributed by atoms with Crippen LogP contribution < -0.4 is 0 Å². The van der Waals surface area contributed by atoms with E-state index < -0.39 is 9.84 Å². The van der Waals surface area contributed by atoms with Gasteiger partial charge in [-0.05, 0) is 31.4 Å². The van der Waals surface area contributed by atoms with Crippen molar-refractivity contribution >= 4 is 9.84 Å². The highest BCUT2D eigenvalue weighted by molar-refractivity contribution is 7.95. The maximum absolute atomic E-state index is 12.2. The van der Waals surface area contributed by atoms with Crippen LogP contribution in [0.15, 0.2) is 52.4 Å². The summed E-state index contributed by atoms with van der Waals surface area (Å²) >= 11 is 0. The first-order valence-corrected chi connectivity index (χ1v) is 6.91. The van der Waals surface area contributed by atoms with Crippen molar-refractivity contribution in [2.45, 2.75) is 24.2 Å². The molecule has 0 fully saturated rings. The number of benzene rings is 1. The molecule has 0 atom stereocenters. The minimum Gasteiger partial charge on any atom is -0.396 e. The van der Waals surface area contributed by atoms with E-state index in [0.717, 1.165) is 0 Å². The molecule has 1 N–H and O–H groups in total. The van der Waals surface area contributed by atoms with Crippen LogP contribution in [0, 0.1) is 0 Å². The predicted molar refractivity (Wildman–Crippen MR) is 67.2 cm³/mol. The van der Waals surface area contributed by atoms with Crippen LogP contribution in [0.2, 0.25) is 0 Å². The standard InChI is InChI=1S/C13H16O3S/c1-2-12(8-6-7-11-14)17(15,16)13-9-4-3-5-10-13/h3-5,9-10,14H,1,6-8,11H2. The normalized spacial score (nSPS) is 10.9. The van der Waals surface area contributed by atoms with E-state index in [0.29, 0.717) is 19.3 Å². The van der Waals surface area contributed by atoms with E-state index in [1.807, 2.05) is 0 Å². The van der Waals surface area contributed by atoms with Crippen LogP contribution in [0.4, 0.5) is 0 Å². The van der Waals surface area contributed by atoms with Crippen molar-refractivity contribution in [2.24, 2.45) is 0 Å². The molecule has 0 saturated carbocycles. The summed E-state index contributed by atoms with van der Waals surface area (Å²) in [5, 5.41) is 8.68. The number of hydrogen-bond donors (Lipinski definition) is 1. The molecule has 92 valence electrons. The quantitative estimate of drug-likeness (QED) is 0.624. The molecular weight excluding hydrogens is 236 g/mol. The first-order chi connectivity index (χ1) is 8.12. The second-order valence-corrected chi connectivity index (χ2v) is 5.57. The van der Waals surface area contributed by atoms with E-state index >= 15 is 0 Å². The van der Waals surface area contributed by atoms with Crippen molar-refractivity contribution in [3.8, 4) is 0 Å². The second kappa shape index (κ2) is 6.40. The summed E-state index contributed by atoms with van der Waals surface area (Å²) in [7, 11) is -3.47. The molecule has 0 saturated heterocycles. The van der Waals surface area contributed by atoms with Crippen molar-refractivity contribution in [1.82, 2.24) is 0 Å². The van der Waals surface area contributed by atoms with Gasteiger partial charge >= 0.3 is 0 Å². The summed E-state index contributed by atoms with van der Waals surface area (Å²) in [6, 6.07) is 8.24. The van der Waals surface area contributed by atoms with Crippen LogP contribution in [0.5, 0.6) is 0 Å². The highest BCUT2D eigenvalue weighted by Crippen LogP contribution is 2.22. The number of hydrogen-bond acceptors (Lipinski definition) is 3. The molecule has 0 aliphatic heterocycles. The van der Waals surface area contributed by atoms with Crippen LogP contribution in [-0.4, -0.2) is 20.1 Å². The molecule has 0 spiro atoms. The topological polar surface area (TPSA) is 54.4 Å². The molecular formula is C13H16O3S. The largest absolute Gasteiger partial charge is 0.396 e. The Bertz CT molecular complexity index is 497. The van der Waals surface area contributed by atoms with Crippen molar-refractivity contribution in [3.05, 3.63) is 47.5 Å². The van der Waals surface area contributed by atoms with Gasteiger partial charge in [0.2, 0.25) is 9.84 Å². The Balaban J connectivity index is 2.93. The Morgan fingerprint density at radius 1 is 1.24 bits per heavy atom. The third-order valence-electron chi connectivity index (χ3n) is 2.39. The molecule has 1 rings (SSSR count). The van der Waals surface area contributed by atoms with E-state index in [1.165, 1.54) is 0 Å². The maximum Gasteiger partial charge on any atom is 0.209 e. The molecule has 0 aromatic heterocycles. The fourth-order valence-electron chi connectivity index (χ4n) is 1.46. The Kier molecular flexibility index (Phi) is 5.16. The highest BCUT2D eigenvalue weighted by atomic mass is 32.2. The van der Waals surface area contributed by atoms with Gasteiger partial charge in [-0.1, -0.05) is 24.8 Å². The third kappa shape index (κ3) is 3.56. The number of sulfone groups is 1. The fraction of sp³-hybridized carbons (Fsp3) is 0.308. The van der Waals surface area contributed by atoms with Gasteiger partial charge in [-0.25, -0.2) is 8.42 Å². The van der Waals surface area contributed by atoms with Crippen molar-refractivity contribution in [3.63, 3.8) is 0 Å². The summed E-state index contributed by atoms with van der Waals surface area (Å²) in [5.41, 5.74) is 2.50. The van der Waals surface area contributed by atoms with Gasteiger partial charge in [-0.2, -0.15) is 0 Å². The summed E-state index contributed by atoms with van der Waals surface area (Å²) in [4.78, 5) is 0.451. The first kappa shape index (κ1) is 13.7. The summed E-state index contributed by atoms with van der Waals surface area (Å²) in [5.74, 6) is 0. The fourth-order valence-corrected chi connectivity index (χ4v) is 2.86. The summed E-state index contributed by atoms with van der Waals surface area (Å²) in [6.45, 7) is 3.49. The SMILES string of the molecule is C=C=C(CCCCO)S(=O)(=O)c1ccccc1. The minimum atomic E-state index is -3.47. The van der Waals surface area contributed by atoms with E-state index in [-0.39, 0.29) is 16.4 Å². The summed E-state index contributed by atoms with van der Waals surface area (Å²) < 4.78 is 24.3. The van der Waals surface area contributed by atoms with E-state index in [1.54, 1.807) is 30.3 Å². The van der Waals surface area contributed by atoms with E-state index in [4.69, 9.17) is 5.11 Å². The Morgan fingerprint density at radius 3 is 2.41 bits per heavy atom. The smallest absolute Gasteiger partial charge is 0.209 e. The lowest BCUT2D eigenvalue weighted by molar-refractivity contribution is 0.285. The van der Waals surface area contributed by atoms with Gasteiger partial charge < -0.3 is 5.11 Å². The Labute approximate surface area is 102 Å². The molecule has 0 bridgehead atoms. The summed E-state index contributed by atoms with van der Waals surface area (Å²) in [6.07, 6.45) is 1.55. The van der Waals surface area contributed by atoms with Crippen LogP contribution in [-0.2, 0) is 9.84 Å². The monoisotopic (exact) mass is 252 g/mol. The van der Waals surface area contributed by atoms with Crippen LogP contribution in [0.1, 0.15) is 19.3 Å². The van der Waals surface area contributed by atoms with Gasteiger partial charge in [0.05, 0.1) is 9.80 Å². The van der Waals surface area contributed by atoms with Crippen molar-refractivity contribution in [2.75, 3.05) is 6.61 Å². The maximum atomic E-state index is 12.2. The number of allylic oxidation sites excluding steroid dienone is 1. The van der Waals surface area contributed by atoms with Gasteiger partial charge in [-0.3, -0.25) is 0 Å².